The third-order valence-corrected chi connectivity index (χ3v) is 13.3. The minimum atomic E-state index is -3.03. The zero-order valence-corrected chi connectivity index (χ0v) is 29.1. The number of nitrogens with one attached hydrogen (secondary N) is 1. The molecule has 242 valence electrons. The number of nitrogens with zero attached hydrogens (tertiary/aromatic N) is 2. The van der Waals surface area contributed by atoms with Crippen molar-refractivity contribution in [1.29, 1.82) is 0 Å². The van der Waals surface area contributed by atoms with E-state index < -0.39 is 37.9 Å². The lowest BCUT2D eigenvalue weighted by molar-refractivity contribution is -0.143. The fourth-order valence-electron chi connectivity index (χ4n) is 5.26. The summed E-state index contributed by atoms with van der Waals surface area (Å²) in [6, 6.07) is 25.6. The van der Waals surface area contributed by atoms with Crippen LogP contribution in [0.5, 0.6) is 0 Å². The van der Waals surface area contributed by atoms with Gasteiger partial charge in [0.15, 0.2) is 6.04 Å². The molecule has 0 aliphatic heterocycles. The number of benzene rings is 3. The van der Waals surface area contributed by atoms with Gasteiger partial charge in [-0.1, -0.05) is 81.4 Å². The molecule has 1 atom stereocenters. The Morgan fingerprint density at radius 2 is 1.43 bits per heavy atom. The molecule has 4 aromatic rings. The maximum Gasteiger partial charge on any atom is 0.412 e. The van der Waals surface area contributed by atoms with Gasteiger partial charge in [0.05, 0.1) is 6.61 Å². The molecule has 3 aromatic carbocycles. The summed E-state index contributed by atoms with van der Waals surface area (Å²) in [5.41, 5.74) is 0.811. The Balaban J connectivity index is 1.54. The number of likely N-dealkylation sites (N-methyl/N-ethyl adjacent to an activating group) is 1. The molecule has 0 fully saturated rings. The van der Waals surface area contributed by atoms with E-state index in [2.05, 4.69) is 31.1 Å². The molecule has 2 N–H and O–H groups in total. The van der Waals surface area contributed by atoms with Crippen LogP contribution in [0.15, 0.2) is 90.3 Å². The lowest BCUT2D eigenvalue weighted by Crippen LogP contribution is -2.67. The predicted molar refractivity (Wildman–Crippen MR) is 184 cm³/mol. The van der Waals surface area contributed by atoms with Crippen molar-refractivity contribution in [3.05, 3.63) is 96.0 Å². The van der Waals surface area contributed by atoms with Crippen molar-refractivity contribution in [2.45, 2.75) is 58.2 Å². The molecular weight excluding hydrogens is 619 g/mol. The minimum Gasteiger partial charge on any atom is -0.480 e. The molecule has 1 aromatic heterocycles. The molecular formula is C35H41N3O6SSi. The Labute approximate surface area is 275 Å². The van der Waals surface area contributed by atoms with Crippen molar-refractivity contribution >= 4 is 53.7 Å². The molecule has 46 heavy (non-hydrogen) atoms. The molecule has 0 aliphatic carbocycles. The second-order valence-electron chi connectivity index (χ2n) is 13.0. The summed E-state index contributed by atoms with van der Waals surface area (Å²) >= 11 is 1.27. The van der Waals surface area contributed by atoms with E-state index in [0.29, 0.717) is 10.7 Å². The van der Waals surface area contributed by atoms with Crippen molar-refractivity contribution < 1.29 is 28.7 Å². The average Bonchev–Trinajstić information content (AvgIpc) is 3.49. The number of amides is 2. The maximum atomic E-state index is 13.6. The van der Waals surface area contributed by atoms with Crippen LogP contribution >= 0.6 is 11.3 Å². The van der Waals surface area contributed by atoms with Gasteiger partial charge in [0.2, 0.25) is 0 Å². The number of aromatic nitrogens is 1. The van der Waals surface area contributed by atoms with E-state index in [1.807, 2.05) is 60.7 Å². The van der Waals surface area contributed by atoms with Gasteiger partial charge in [-0.15, -0.1) is 11.3 Å². The predicted octanol–water partition coefficient (Wildman–Crippen LogP) is 6.26. The first-order valence-electron chi connectivity index (χ1n) is 14.9. The number of carboxylic acids is 1. The molecule has 1 unspecified atom stereocenters. The minimum absolute atomic E-state index is 0.134. The quantitative estimate of drug-likeness (QED) is 0.193. The molecule has 0 aliphatic rings. The van der Waals surface area contributed by atoms with E-state index in [1.165, 1.54) is 23.3 Å². The van der Waals surface area contributed by atoms with Gasteiger partial charge in [-0.2, -0.15) is 0 Å². The molecule has 1 heterocycles. The summed E-state index contributed by atoms with van der Waals surface area (Å²) < 4.78 is 12.1. The fraction of sp³-hybridized carbons (Fsp3) is 0.314. The largest absolute Gasteiger partial charge is 0.480 e. The van der Waals surface area contributed by atoms with E-state index in [-0.39, 0.29) is 17.3 Å². The van der Waals surface area contributed by atoms with Crippen LogP contribution in [0, 0.1) is 0 Å². The second-order valence-corrected chi connectivity index (χ2v) is 18.2. The van der Waals surface area contributed by atoms with Gasteiger partial charge in [-0.05, 0) is 60.4 Å². The molecule has 0 bridgehead atoms. The molecule has 0 radical (unpaired) electrons. The Bertz CT molecular complexity index is 1610. The SMILES string of the molecule is CN(C(=O)c1csc(-c2ccc(NC(=O)OC(C)(C)C)cc2)n1)C(CO[Si](c1ccccc1)(c1ccccc1)C(C)(C)C)C(=O)O. The van der Waals surface area contributed by atoms with E-state index in [0.717, 1.165) is 15.9 Å². The van der Waals surface area contributed by atoms with Crippen LogP contribution in [0.2, 0.25) is 5.04 Å². The number of ether oxygens (including phenoxy) is 1. The number of rotatable bonds is 10. The first kappa shape index (κ1) is 34.5. The molecule has 0 saturated heterocycles. The smallest absolute Gasteiger partial charge is 0.412 e. The summed E-state index contributed by atoms with van der Waals surface area (Å²) in [5.74, 6) is -1.69. The topological polar surface area (TPSA) is 118 Å². The van der Waals surface area contributed by atoms with Gasteiger partial charge >= 0.3 is 12.1 Å². The third kappa shape index (κ3) is 7.90. The van der Waals surface area contributed by atoms with Crippen molar-refractivity contribution in [2.75, 3.05) is 19.0 Å². The van der Waals surface area contributed by atoms with Crippen LogP contribution in [0.4, 0.5) is 10.5 Å². The fourth-order valence-corrected chi connectivity index (χ4v) is 10.6. The lowest BCUT2D eigenvalue weighted by Gasteiger charge is -2.44. The Morgan fingerprint density at radius 1 is 0.891 bits per heavy atom. The van der Waals surface area contributed by atoms with Crippen LogP contribution in [0.1, 0.15) is 52.0 Å². The van der Waals surface area contributed by atoms with Gasteiger partial charge in [0, 0.05) is 23.7 Å². The van der Waals surface area contributed by atoms with Gasteiger partial charge in [-0.3, -0.25) is 10.1 Å². The summed E-state index contributed by atoms with van der Waals surface area (Å²) in [6.45, 7) is 11.5. The first-order valence-corrected chi connectivity index (χ1v) is 17.7. The number of hydrogen-bond donors (Lipinski definition) is 2. The average molecular weight is 660 g/mol. The zero-order valence-electron chi connectivity index (χ0n) is 27.2. The van der Waals surface area contributed by atoms with Gasteiger partial charge in [0.25, 0.3) is 14.2 Å². The summed E-state index contributed by atoms with van der Waals surface area (Å²) in [4.78, 5) is 44.0. The summed E-state index contributed by atoms with van der Waals surface area (Å²) in [7, 11) is -1.57. The first-order chi connectivity index (χ1) is 21.6. The molecule has 0 spiro atoms. The molecule has 0 saturated carbocycles. The number of anilines is 1. The normalized spacial score (nSPS) is 12.7. The molecule has 4 rings (SSSR count). The number of carbonyl (C=O) groups excluding carboxylic acids is 2. The molecule has 9 nitrogen and oxygen atoms in total. The maximum absolute atomic E-state index is 13.6. The standard InChI is InChI=1S/C35H41N3O6SSi/c1-34(2,3)44-33(42)36-25-20-18-24(19-21-25)30-37-28(23-45-30)31(39)38(7)29(32(40)41)22-43-46(35(4,5)6,26-14-10-8-11-15-26)27-16-12-9-13-17-27/h8-21,23,29H,22H2,1-7H3,(H,36,42)(H,40,41). The van der Waals surface area contributed by atoms with Crippen LogP contribution < -0.4 is 15.7 Å². The number of hydrogen-bond acceptors (Lipinski definition) is 7. The highest BCUT2D eigenvalue weighted by Crippen LogP contribution is 2.37. The summed E-state index contributed by atoms with van der Waals surface area (Å²) in [5, 5.41) is 16.9. The number of thiazole rings is 1. The van der Waals surface area contributed by atoms with Crippen LogP contribution in [0.3, 0.4) is 0 Å². The highest BCUT2D eigenvalue weighted by atomic mass is 32.1. The molecule has 2 amide bonds. The van der Waals surface area contributed by atoms with E-state index in [1.54, 1.807) is 50.4 Å². The van der Waals surface area contributed by atoms with Gasteiger partial charge < -0.3 is 19.2 Å². The lowest BCUT2D eigenvalue weighted by atomic mass is 10.2. The number of carboxylic acid groups (broad SMARTS) is 1. The van der Waals surface area contributed by atoms with Crippen molar-refractivity contribution in [1.82, 2.24) is 9.88 Å². The zero-order chi connectivity index (χ0) is 33.7. The van der Waals surface area contributed by atoms with Crippen LogP contribution in [0.25, 0.3) is 10.6 Å². The Kier molecular flexibility index (Phi) is 10.5. The van der Waals surface area contributed by atoms with Crippen LogP contribution in [-0.4, -0.2) is 66.6 Å². The van der Waals surface area contributed by atoms with Gasteiger partial charge in [0.1, 0.15) is 16.3 Å². The van der Waals surface area contributed by atoms with Crippen molar-refractivity contribution in [2.24, 2.45) is 0 Å². The number of carbonyl (C=O) groups is 3. The Morgan fingerprint density at radius 3 is 1.91 bits per heavy atom. The Hall–Kier alpha value is -4.32. The van der Waals surface area contributed by atoms with E-state index >= 15 is 0 Å². The second kappa shape index (κ2) is 14.0. The number of aliphatic carboxylic acids is 1. The van der Waals surface area contributed by atoms with E-state index in [4.69, 9.17) is 9.16 Å². The highest BCUT2D eigenvalue weighted by molar-refractivity contribution is 7.13. The van der Waals surface area contributed by atoms with E-state index in [9.17, 15) is 19.5 Å². The summed E-state index contributed by atoms with van der Waals surface area (Å²) in [6.07, 6.45) is -0.558. The van der Waals surface area contributed by atoms with Crippen molar-refractivity contribution in [3.63, 3.8) is 0 Å². The van der Waals surface area contributed by atoms with Crippen molar-refractivity contribution in [3.8, 4) is 10.6 Å². The van der Waals surface area contributed by atoms with Gasteiger partial charge in [-0.25, -0.2) is 14.6 Å². The third-order valence-electron chi connectivity index (χ3n) is 7.45. The highest BCUT2D eigenvalue weighted by Gasteiger charge is 2.51. The monoisotopic (exact) mass is 659 g/mol. The van der Waals surface area contributed by atoms with Crippen LogP contribution in [-0.2, 0) is 14.0 Å². The molecule has 11 heteroatoms.